The van der Waals surface area contributed by atoms with Crippen molar-refractivity contribution >= 4 is 17.9 Å². The molecule has 0 aromatic rings. The molecule has 66 heavy (non-hydrogen) atoms. The van der Waals surface area contributed by atoms with E-state index in [0.717, 1.165) is 64.2 Å². The fraction of sp³-hybridized carbons (Fsp3) is 0.883. The van der Waals surface area contributed by atoms with Crippen molar-refractivity contribution in [2.24, 2.45) is 0 Å². The van der Waals surface area contributed by atoms with Crippen LogP contribution in [0.5, 0.6) is 0 Å². The summed E-state index contributed by atoms with van der Waals surface area (Å²) in [6.07, 6.45) is 64.8. The highest BCUT2D eigenvalue weighted by molar-refractivity contribution is 5.71. The van der Waals surface area contributed by atoms with E-state index in [-0.39, 0.29) is 31.1 Å². The molecule has 0 aliphatic heterocycles. The van der Waals surface area contributed by atoms with Gasteiger partial charge in [0, 0.05) is 19.3 Å². The predicted octanol–water partition coefficient (Wildman–Crippen LogP) is 19.5. The van der Waals surface area contributed by atoms with E-state index in [9.17, 15) is 14.4 Å². The van der Waals surface area contributed by atoms with Gasteiger partial charge in [0.2, 0.25) is 0 Å². The van der Waals surface area contributed by atoms with Gasteiger partial charge in [-0.25, -0.2) is 0 Å². The quantitative estimate of drug-likeness (QED) is 0.0262. The average molecular weight is 930 g/mol. The second-order valence-electron chi connectivity index (χ2n) is 19.9. The van der Waals surface area contributed by atoms with Crippen molar-refractivity contribution in [2.75, 3.05) is 13.2 Å². The largest absolute Gasteiger partial charge is 0.462 e. The third-order valence-electron chi connectivity index (χ3n) is 13.2. The minimum Gasteiger partial charge on any atom is -0.462 e. The highest BCUT2D eigenvalue weighted by Gasteiger charge is 2.19. The first-order valence-electron chi connectivity index (χ1n) is 29.3. The van der Waals surface area contributed by atoms with Crippen molar-refractivity contribution in [3.63, 3.8) is 0 Å². The van der Waals surface area contributed by atoms with E-state index in [1.165, 1.54) is 218 Å². The molecule has 0 N–H and O–H groups in total. The van der Waals surface area contributed by atoms with Crippen LogP contribution in [0.3, 0.4) is 0 Å². The van der Waals surface area contributed by atoms with Crippen LogP contribution in [-0.2, 0) is 28.6 Å². The maximum absolute atomic E-state index is 12.8. The molecule has 0 aromatic heterocycles. The van der Waals surface area contributed by atoms with Gasteiger partial charge in [-0.05, 0) is 51.4 Å². The normalized spacial score (nSPS) is 12.1. The van der Waals surface area contributed by atoms with Gasteiger partial charge < -0.3 is 14.2 Å². The number of hydrogen-bond donors (Lipinski definition) is 0. The first-order chi connectivity index (χ1) is 32.5. The Balaban J connectivity index is 4.08. The number of hydrogen-bond acceptors (Lipinski definition) is 6. The molecule has 0 aliphatic rings. The molecular weight excluding hydrogens is 817 g/mol. The molecule has 0 fully saturated rings. The van der Waals surface area contributed by atoms with E-state index in [2.05, 4.69) is 45.1 Å². The molecule has 1 unspecified atom stereocenters. The SMILES string of the molecule is CCCCCCC/C=C\C/C=C\CCCCCCCCCCCCCCCCCC(=O)OCC(COC(=O)CCCCCCCCCCCC)OC(=O)CCCCCCCCCCCCC. The molecule has 1 atom stereocenters. The number of carbonyl (C=O) groups excluding carboxylic acids is 3. The van der Waals surface area contributed by atoms with Crippen LogP contribution in [0, 0.1) is 0 Å². The van der Waals surface area contributed by atoms with Gasteiger partial charge in [-0.15, -0.1) is 0 Å². The average Bonchev–Trinajstić information content (AvgIpc) is 3.31. The molecule has 0 heterocycles. The highest BCUT2D eigenvalue weighted by Crippen LogP contribution is 2.17. The molecule has 0 rings (SSSR count). The number of esters is 3. The van der Waals surface area contributed by atoms with Crippen molar-refractivity contribution in [1.82, 2.24) is 0 Å². The lowest BCUT2D eigenvalue weighted by Gasteiger charge is -2.18. The van der Waals surface area contributed by atoms with Gasteiger partial charge in [0.25, 0.3) is 0 Å². The van der Waals surface area contributed by atoms with Crippen molar-refractivity contribution in [3.8, 4) is 0 Å². The zero-order valence-electron chi connectivity index (χ0n) is 44.5. The van der Waals surface area contributed by atoms with E-state index in [1.54, 1.807) is 0 Å². The summed E-state index contributed by atoms with van der Waals surface area (Å²) in [5.74, 6) is -0.849. The van der Waals surface area contributed by atoms with Crippen LogP contribution in [0.25, 0.3) is 0 Å². The number of unbranched alkanes of at least 4 members (excludes halogenated alkanes) is 39. The summed E-state index contributed by atoms with van der Waals surface area (Å²) in [7, 11) is 0. The third-order valence-corrected chi connectivity index (χ3v) is 13.2. The van der Waals surface area contributed by atoms with Crippen LogP contribution in [0.15, 0.2) is 24.3 Å². The summed E-state index contributed by atoms with van der Waals surface area (Å²) in [4.78, 5) is 38.0. The standard InChI is InChI=1S/C60H112O6/c1-4-7-10-13-16-19-22-23-24-25-26-27-28-29-30-31-32-33-34-35-36-37-39-41-44-47-50-53-59(62)65-56-57(55-64-58(61)52-49-46-43-40-21-18-15-12-9-6-3)66-60(63)54-51-48-45-42-38-20-17-14-11-8-5-2/h22-23,25-26,57H,4-21,24,27-56H2,1-3H3/b23-22-,26-25-. The monoisotopic (exact) mass is 929 g/mol. The molecule has 388 valence electrons. The van der Waals surface area contributed by atoms with Crippen molar-refractivity contribution in [3.05, 3.63) is 24.3 Å². The lowest BCUT2D eigenvalue weighted by molar-refractivity contribution is -0.167. The molecule has 0 saturated heterocycles. The Kier molecular flexibility index (Phi) is 53.7. The molecule has 6 heteroatoms. The molecule has 0 saturated carbocycles. The highest BCUT2D eigenvalue weighted by atomic mass is 16.6. The molecule has 0 spiro atoms. The van der Waals surface area contributed by atoms with E-state index in [1.807, 2.05) is 0 Å². The Morgan fingerprint density at radius 1 is 0.303 bits per heavy atom. The minimum absolute atomic E-state index is 0.0653. The van der Waals surface area contributed by atoms with Gasteiger partial charge in [0.1, 0.15) is 13.2 Å². The van der Waals surface area contributed by atoms with Crippen LogP contribution in [0.2, 0.25) is 0 Å². The predicted molar refractivity (Wildman–Crippen MR) is 284 cm³/mol. The maximum Gasteiger partial charge on any atom is 0.306 e. The zero-order chi connectivity index (χ0) is 47.9. The summed E-state index contributed by atoms with van der Waals surface area (Å²) in [6, 6.07) is 0. The second kappa shape index (κ2) is 55.5. The van der Waals surface area contributed by atoms with Crippen molar-refractivity contribution < 1.29 is 28.6 Å². The number of carbonyl (C=O) groups is 3. The Morgan fingerprint density at radius 2 is 0.545 bits per heavy atom. The van der Waals surface area contributed by atoms with Crippen LogP contribution in [-0.4, -0.2) is 37.2 Å². The first-order valence-corrected chi connectivity index (χ1v) is 29.3. The molecule has 0 aliphatic carbocycles. The van der Waals surface area contributed by atoms with Crippen LogP contribution >= 0.6 is 0 Å². The van der Waals surface area contributed by atoms with Gasteiger partial charge in [-0.3, -0.25) is 14.4 Å². The maximum atomic E-state index is 12.8. The molecule has 0 bridgehead atoms. The summed E-state index contributed by atoms with van der Waals surface area (Å²) in [5.41, 5.74) is 0. The summed E-state index contributed by atoms with van der Waals surface area (Å²) < 4.78 is 16.8. The summed E-state index contributed by atoms with van der Waals surface area (Å²) in [6.45, 7) is 6.65. The first kappa shape index (κ1) is 63.9. The summed E-state index contributed by atoms with van der Waals surface area (Å²) >= 11 is 0. The fourth-order valence-electron chi connectivity index (χ4n) is 8.77. The van der Waals surface area contributed by atoms with E-state index in [0.29, 0.717) is 19.3 Å². The van der Waals surface area contributed by atoms with Gasteiger partial charge in [-0.2, -0.15) is 0 Å². The Bertz CT molecular complexity index is 1070. The van der Waals surface area contributed by atoms with Crippen LogP contribution < -0.4 is 0 Å². The van der Waals surface area contributed by atoms with Gasteiger partial charge in [0.15, 0.2) is 6.10 Å². The molecule has 0 aromatic carbocycles. The molecule has 0 radical (unpaired) electrons. The van der Waals surface area contributed by atoms with E-state index < -0.39 is 6.10 Å². The van der Waals surface area contributed by atoms with Crippen LogP contribution in [0.1, 0.15) is 323 Å². The number of ether oxygens (including phenoxy) is 3. The lowest BCUT2D eigenvalue weighted by atomic mass is 10.0. The Labute approximate surface area is 411 Å². The fourth-order valence-corrected chi connectivity index (χ4v) is 8.77. The number of allylic oxidation sites excluding steroid dienone is 4. The van der Waals surface area contributed by atoms with E-state index in [4.69, 9.17) is 14.2 Å². The van der Waals surface area contributed by atoms with Crippen LogP contribution in [0.4, 0.5) is 0 Å². The lowest BCUT2D eigenvalue weighted by Crippen LogP contribution is -2.30. The Morgan fingerprint density at radius 3 is 0.833 bits per heavy atom. The molecular formula is C60H112O6. The zero-order valence-corrected chi connectivity index (χ0v) is 44.5. The van der Waals surface area contributed by atoms with Gasteiger partial charge in [-0.1, -0.05) is 276 Å². The number of rotatable bonds is 54. The smallest absolute Gasteiger partial charge is 0.306 e. The Hall–Kier alpha value is -2.11. The van der Waals surface area contributed by atoms with Gasteiger partial charge in [0.05, 0.1) is 0 Å². The molecule has 0 amide bonds. The van der Waals surface area contributed by atoms with Crippen molar-refractivity contribution in [1.29, 1.82) is 0 Å². The molecule has 6 nitrogen and oxygen atoms in total. The van der Waals surface area contributed by atoms with Gasteiger partial charge >= 0.3 is 17.9 Å². The van der Waals surface area contributed by atoms with Crippen molar-refractivity contribution in [2.45, 2.75) is 329 Å². The third kappa shape index (κ3) is 52.9. The van der Waals surface area contributed by atoms with E-state index >= 15 is 0 Å². The minimum atomic E-state index is -0.763. The second-order valence-corrected chi connectivity index (χ2v) is 19.9. The topological polar surface area (TPSA) is 78.9 Å². The summed E-state index contributed by atoms with van der Waals surface area (Å²) in [5, 5.41) is 0.